The van der Waals surface area contributed by atoms with Crippen LogP contribution in [0.1, 0.15) is 32.6 Å². The number of carbonyl (C=O) groups is 2. The van der Waals surface area contributed by atoms with E-state index >= 15 is 0 Å². The van der Waals surface area contributed by atoms with Gasteiger partial charge in [-0.15, -0.1) is 0 Å². The van der Waals surface area contributed by atoms with E-state index in [0.29, 0.717) is 19.5 Å². The topological polar surface area (TPSA) is 72.9 Å². The van der Waals surface area contributed by atoms with Crippen molar-refractivity contribution >= 4 is 12.0 Å². The van der Waals surface area contributed by atoms with Crippen LogP contribution in [-0.2, 0) is 4.79 Å². The molecule has 2 amide bonds. The molecule has 2 rings (SSSR count). The zero-order valence-corrected chi connectivity index (χ0v) is 11.5. The minimum absolute atomic E-state index is 0.240. The van der Waals surface area contributed by atoms with E-state index in [-0.39, 0.29) is 6.03 Å². The van der Waals surface area contributed by atoms with Crippen molar-refractivity contribution < 1.29 is 14.7 Å². The molecule has 1 aliphatic carbocycles. The van der Waals surface area contributed by atoms with Gasteiger partial charge in [0, 0.05) is 32.2 Å². The van der Waals surface area contributed by atoms with Gasteiger partial charge in [0.1, 0.15) is 6.04 Å². The molecular formula is C13H23N3O3. The van der Waals surface area contributed by atoms with Crippen molar-refractivity contribution in [3.63, 3.8) is 0 Å². The van der Waals surface area contributed by atoms with E-state index in [4.69, 9.17) is 5.11 Å². The molecule has 0 unspecified atom stereocenters. The first-order valence-electron chi connectivity index (χ1n) is 7.14. The van der Waals surface area contributed by atoms with Crippen LogP contribution in [0.4, 0.5) is 4.79 Å². The van der Waals surface area contributed by atoms with Crippen molar-refractivity contribution in [1.82, 2.24) is 15.1 Å². The van der Waals surface area contributed by atoms with Crippen LogP contribution in [0.15, 0.2) is 0 Å². The van der Waals surface area contributed by atoms with E-state index in [2.05, 4.69) is 10.2 Å². The van der Waals surface area contributed by atoms with Gasteiger partial charge in [-0.25, -0.2) is 9.59 Å². The molecule has 2 fully saturated rings. The van der Waals surface area contributed by atoms with Crippen LogP contribution >= 0.6 is 0 Å². The SMILES string of the molecule is CCC[C@@H](NC(=O)N1CCN(C2CC2)CC1)C(=O)O. The summed E-state index contributed by atoms with van der Waals surface area (Å²) in [6.45, 7) is 5.12. The monoisotopic (exact) mass is 269 g/mol. The summed E-state index contributed by atoms with van der Waals surface area (Å²) < 4.78 is 0. The third kappa shape index (κ3) is 3.83. The lowest BCUT2D eigenvalue weighted by atomic mass is 10.2. The molecule has 1 heterocycles. The van der Waals surface area contributed by atoms with Gasteiger partial charge in [0.15, 0.2) is 0 Å². The van der Waals surface area contributed by atoms with E-state index in [1.807, 2.05) is 6.92 Å². The number of nitrogens with one attached hydrogen (secondary N) is 1. The van der Waals surface area contributed by atoms with Crippen LogP contribution < -0.4 is 5.32 Å². The van der Waals surface area contributed by atoms with Gasteiger partial charge in [-0.05, 0) is 19.3 Å². The highest BCUT2D eigenvalue weighted by Gasteiger charge is 2.32. The van der Waals surface area contributed by atoms with Crippen LogP contribution in [0.25, 0.3) is 0 Å². The maximum atomic E-state index is 12.0. The molecule has 1 saturated carbocycles. The van der Waals surface area contributed by atoms with Gasteiger partial charge in [0.2, 0.25) is 0 Å². The molecule has 0 aromatic heterocycles. The van der Waals surface area contributed by atoms with Crippen LogP contribution in [0, 0.1) is 0 Å². The number of carboxylic acid groups (broad SMARTS) is 1. The van der Waals surface area contributed by atoms with Crippen molar-refractivity contribution in [2.45, 2.75) is 44.7 Å². The Kier molecular flexibility index (Phi) is 4.63. The molecule has 6 heteroatoms. The number of amides is 2. The summed E-state index contributed by atoms with van der Waals surface area (Å²) in [5, 5.41) is 11.6. The first-order valence-corrected chi connectivity index (χ1v) is 7.14. The van der Waals surface area contributed by atoms with E-state index < -0.39 is 12.0 Å². The molecule has 0 aromatic rings. The predicted molar refractivity (Wildman–Crippen MR) is 71.0 cm³/mol. The summed E-state index contributed by atoms with van der Waals surface area (Å²) in [5.41, 5.74) is 0. The van der Waals surface area contributed by atoms with Crippen LogP contribution in [-0.4, -0.2) is 65.2 Å². The average molecular weight is 269 g/mol. The molecule has 2 aliphatic rings. The third-order valence-corrected chi connectivity index (χ3v) is 3.84. The van der Waals surface area contributed by atoms with Crippen molar-refractivity contribution in [1.29, 1.82) is 0 Å². The Morgan fingerprint density at radius 2 is 1.89 bits per heavy atom. The fraction of sp³-hybridized carbons (Fsp3) is 0.846. The second-order valence-corrected chi connectivity index (χ2v) is 5.38. The summed E-state index contributed by atoms with van der Waals surface area (Å²) >= 11 is 0. The lowest BCUT2D eigenvalue weighted by Crippen LogP contribution is -2.54. The van der Waals surface area contributed by atoms with Crippen LogP contribution in [0.5, 0.6) is 0 Å². The van der Waals surface area contributed by atoms with Crippen molar-refractivity contribution in [2.75, 3.05) is 26.2 Å². The molecular weight excluding hydrogens is 246 g/mol. The van der Waals surface area contributed by atoms with E-state index in [1.165, 1.54) is 12.8 Å². The standard InChI is InChI=1S/C13H23N3O3/c1-2-3-11(12(17)18)14-13(19)16-8-6-15(7-9-16)10-4-5-10/h10-11H,2-9H2,1H3,(H,14,19)(H,17,18)/t11-/m1/s1. The van der Waals surface area contributed by atoms with Crippen LogP contribution in [0.3, 0.4) is 0 Å². The van der Waals surface area contributed by atoms with E-state index in [9.17, 15) is 9.59 Å². The third-order valence-electron chi connectivity index (χ3n) is 3.84. The molecule has 0 spiro atoms. The van der Waals surface area contributed by atoms with Gasteiger partial charge in [-0.3, -0.25) is 4.90 Å². The number of carboxylic acids is 1. The van der Waals surface area contributed by atoms with Crippen LogP contribution in [0.2, 0.25) is 0 Å². The van der Waals surface area contributed by atoms with Crippen molar-refractivity contribution in [3.05, 3.63) is 0 Å². The maximum Gasteiger partial charge on any atom is 0.326 e. The van der Waals surface area contributed by atoms with Crippen molar-refractivity contribution in [2.24, 2.45) is 0 Å². The Morgan fingerprint density at radius 1 is 1.26 bits per heavy atom. The number of carbonyl (C=O) groups excluding carboxylic acids is 1. The Hall–Kier alpha value is -1.30. The molecule has 1 aliphatic heterocycles. The Morgan fingerprint density at radius 3 is 2.37 bits per heavy atom. The summed E-state index contributed by atoms with van der Waals surface area (Å²) in [4.78, 5) is 27.2. The predicted octanol–water partition coefficient (Wildman–Crippen LogP) is 0.729. The summed E-state index contributed by atoms with van der Waals surface area (Å²) in [7, 11) is 0. The molecule has 2 N–H and O–H groups in total. The van der Waals surface area contributed by atoms with Crippen molar-refractivity contribution in [3.8, 4) is 0 Å². The molecule has 1 saturated heterocycles. The number of hydrogen-bond donors (Lipinski definition) is 2. The summed E-state index contributed by atoms with van der Waals surface area (Å²) in [6, 6.07) is -0.271. The quantitative estimate of drug-likeness (QED) is 0.771. The number of urea groups is 1. The first kappa shape index (κ1) is 14.1. The first-order chi connectivity index (χ1) is 9.11. The normalized spacial score (nSPS) is 22.1. The zero-order chi connectivity index (χ0) is 13.8. The zero-order valence-electron chi connectivity index (χ0n) is 11.5. The van der Waals surface area contributed by atoms with Gasteiger partial charge in [-0.1, -0.05) is 13.3 Å². The molecule has 0 bridgehead atoms. The maximum absolute atomic E-state index is 12.0. The fourth-order valence-corrected chi connectivity index (χ4v) is 2.52. The highest BCUT2D eigenvalue weighted by atomic mass is 16.4. The van der Waals surface area contributed by atoms with Gasteiger partial charge in [0.05, 0.1) is 0 Å². The van der Waals surface area contributed by atoms with Gasteiger partial charge in [-0.2, -0.15) is 0 Å². The molecule has 1 atom stereocenters. The smallest absolute Gasteiger partial charge is 0.326 e. The molecule has 0 aromatic carbocycles. The highest BCUT2D eigenvalue weighted by Crippen LogP contribution is 2.27. The lowest BCUT2D eigenvalue weighted by molar-refractivity contribution is -0.139. The number of aliphatic carboxylic acids is 1. The Bertz CT molecular complexity index is 336. The summed E-state index contributed by atoms with van der Waals surface area (Å²) in [5.74, 6) is -0.952. The highest BCUT2D eigenvalue weighted by molar-refractivity contribution is 5.82. The van der Waals surface area contributed by atoms with E-state index in [1.54, 1.807) is 4.90 Å². The minimum atomic E-state index is -0.952. The summed E-state index contributed by atoms with van der Waals surface area (Å²) in [6.07, 6.45) is 3.78. The van der Waals surface area contributed by atoms with Gasteiger partial charge < -0.3 is 15.3 Å². The Balaban J connectivity index is 1.77. The average Bonchev–Trinajstić information content (AvgIpc) is 3.22. The minimum Gasteiger partial charge on any atom is -0.480 e. The largest absolute Gasteiger partial charge is 0.480 e. The number of rotatable bonds is 5. The molecule has 108 valence electrons. The lowest BCUT2D eigenvalue weighted by Gasteiger charge is -2.35. The second-order valence-electron chi connectivity index (χ2n) is 5.38. The number of hydrogen-bond acceptors (Lipinski definition) is 3. The van der Waals surface area contributed by atoms with Gasteiger partial charge >= 0.3 is 12.0 Å². The molecule has 6 nitrogen and oxygen atoms in total. The molecule has 19 heavy (non-hydrogen) atoms. The van der Waals surface area contributed by atoms with Gasteiger partial charge in [0.25, 0.3) is 0 Å². The molecule has 0 radical (unpaired) electrons. The number of nitrogens with zero attached hydrogens (tertiary/aromatic N) is 2. The number of piperazine rings is 1. The second kappa shape index (κ2) is 6.23. The van der Waals surface area contributed by atoms with E-state index in [0.717, 1.165) is 25.6 Å². The Labute approximate surface area is 113 Å². The fourth-order valence-electron chi connectivity index (χ4n) is 2.52.